The van der Waals surface area contributed by atoms with E-state index < -0.39 is 0 Å². The van der Waals surface area contributed by atoms with Gasteiger partial charge in [-0.25, -0.2) is 0 Å². The first kappa shape index (κ1) is 10.9. The molecule has 2 N–H and O–H groups in total. The van der Waals surface area contributed by atoms with Gasteiger partial charge < -0.3 is 5.73 Å². The molecule has 0 bridgehead atoms. The molecule has 3 heteroatoms. The van der Waals surface area contributed by atoms with E-state index in [4.69, 9.17) is 18.0 Å². The average molecular weight is 200 g/mol. The van der Waals surface area contributed by atoms with E-state index in [-0.39, 0.29) is 0 Å². The van der Waals surface area contributed by atoms with Crippen LogP contribution < -0.4 is 5.73 Å². The number of nitrogens with two attached hydrogens (primary N) is 1. The van der Waals surface area contributed by atoms with Crippen molar-refractivity contribution in [3.05, 3.63) is 0 Å². The van der Waals surface area contributed by atoms with Crippen LogP contribution in [0.1, 0.15) is 27.2 Å². The fourth-order valence-electron chi connectivity index (χ4n) is 1.95. The van der Waals surface area contributed by atoms with Crippen LogP contribution in [-0.4, -0.2) is 29.0 Å². The second kappa shape index (κ2) is 4.38. The molecule has 0 aliphatic carbocycles. The van der Waals surface area contributed by atoms with E-state index in [1.807, 2.05) is 0 Å². The monoisotopic (exact) mass is 200 g/mol. The van der Waals surface area contributed by atoms with Gasteiger partial charge in [-0.3, -0.25) is 4.90 Å². The minimum atomic E-state index is 0.518. The Morgan fingerprint density at radius 1 is 1.46 bits per heavy atom. The molecular weight excluding hydrogens is 180 g/mol. The van der Waals surface area contributed by atoms with Crippen molar-refractivity contribution in [3.8, 4) is 0 Å². The molecule has 1 aliphatic rings. The van der Waals surface area contributed by atoms with E-state index in [0.29, 0.717) is 11.0 Å². The maximum absolute atomic E-state index is 5.54. The predicted molar refractivity (Wildman–Crippen MR) is 60.8 cm³/mol. The molecule has 1 fully saturated rings. The fourth-order valence-corrected chi connectivity index (χ4v) is 2.20. The SMILES string of the molecule is CC1CN(C(C)CC(N)=S)CC1C. The Hall–Kier alpha value is -0.150. The van der Waals surface area contributed by atoms with E-state index in [1.54, 1.807) is 0 Å². The van der Waals surface area contributed by atoms with Crippen molar-refractivity contribution in [3.63, 3.8) is 0 Å². The summed E-state index contributed by atoms with van der Waals surface area (Å²) in [5.74, 6) is 1.63. The minimum absolute atomic E-state index is 0.518. The Bertz CT molecular complexity index is 183. The van der Waals surface area contributed by atoms with Gasteiger partial charge in [-0.1, -0.05) is 26.1 Å². The quantitative estimate of drug-likeness (QED) is 0.702. The lowest BCUT2D eigenvalue weighted by Crippen LogP contribution is -2.34. The van der Waals surface area contributed by atoms with Crippen molar-refractivity contribution < 1.29 is 0 Å². The lowest BCUT2D eigenvalue weighted by Gasteiger charge is -2.23. The van der Waals surface area contributed by atoms with Gasteiger partial charge in [-0.2, -0.15) is 0 Å². The van der Waals surface area contributed by atoms with Gasteiger partial charge in [0.25, 0.3) is 0 Å². The molecule has 3 atom stereocenters. The Morgan fingerprint density at radius 3 is 2.31 bits per heavy atom. The summed E-state index contributed by atoms with van der Waals surface area (Å²) >= 11 is 4.92. The molecule has 1 rings (SSSR count). The average Bonchev–Trinajstić information content (AvgIpc) is 2.31. The molecule has 3 unspecified atom stereocenters. The minimum Gasteiger partial charge on any atom is -0.393 e. The van der Waals surface area contributed by atoms with Gasteiger partial charge in [0.05, 0.1) is 4.99 Å². The molecule has 1 heterocycles. The molecule has 13 heavy (non-hydrogen) atoms. The molecule has 0 aromatic heterocycles. The Morgan fingerprint density at radius 2 is 1.92 bits per heavy atom. The van der Waals surface area contributed by atoms with E-state index in [0.717, 1.165) is 18.3 Å². The molecule has 0 saturated carbocycles. The van der Waals surface area contributed by atoms with Crippen molar-refractivity contribution in [2.75, 3.05) is 13.1 Å². The van der Waals surface area contributed by atoms with Crippen molar-refractivity contribution in [1.29, 1.82) is 0 Å². The number of hydrogen-bond donors (Lipinski definition) is 1. The number of rotatable bonds is 3. The Labute approximate surface area is 86.5 Å². The number of thiocarbonyl (C=S) groups is 1. The molecule has 1 saturated heterocycles. The molecule has 0 aromatic rings. The standard InChI is InChI=1S/C10H20N2S/c1-7-5-12(6-8(7)2)9(3)4-10(11)13/h7-9H,4-6H2,1-3H3,(H2,11,13). The van der Waals surface area contributed by atoms with Crippen LogP contribution in [0.25, 0.3) is 0 Å². The lowest BCUT2D eigenvalue weighted by molar-refractivity contribution is 0.253. The van der Waals surface area contributed by atoms with Crippen LogP contribution in [0.15, 0.2) is 0 Å². The van der Waals surface area contributed by atoms with Crippen LogP contribution >= 0.6 is 12.2 Å². The van der Waals surface area contributed by atoms with Gasteiger partial charge in [0.1, 0.15) is 0 Å². The summed E-state index contributed by atoms with van der Waals surface area (Å²) in [7, 11) is 0. The van der Waals surface area contributed by atoms with E-state index in [1.165, 1.54) is 13.1 Å². The summed E-state index contributed by atoms with van der Waals surface area (Å²) in [6.07, 6.45) is 0.856. The maximum atomic E-state index is 5.54. The maximum Gasteiger partial charge on any atom is 0.0742 e. The van der Waals surface area contributed by atoms with Gasteiger partial charge in [-0.15, -0.1) is 0 Å². The summed E-state index contributed by atoms with van der Waals surface area (Å²) < 4.78 is 0. The van der Waals surface area contributed by atoms with Gasteiger partial charge in [0.2, 0.25) is 0 Å². The second-order valence-corrected chi connectivity index (χ2v) is 4.95. The Balaban J connectivity index is 2.41. The summed E-state index contributed by atoms with van der Waals surface area (Å²) in [4.78, 5) is 3.13. The lowest BCUT2D eigenvalue weighted by atomic mass is 10.0. The fraction of sp³-hybridized carbons (Fsp3) is 0.900. The highest BCUT2D eigenvalue weighted by Crippen LogP contribution is 2.24. The van der Waals surface area contributed by atoms with Crippen LogP contribution in [0.2, 0.25) is 0 Å². The van der Waals surface area contributed by atoms with Crippen LogP contribution in [0, 0.1) is 11.8 Å². The number of nitrogens with zero attached hydrogens (tertiary/aromatic N) is 1. The molecular formula is C10H20N2S. The van der Waals surface area contributed by atoms with Gasteiger partial charge >= 0.3 is 0 Å². The van der Waals surface area contributed by atoms with Crippen LogP contribution in [-0.2, 0) is 0 Å². The van der Waals surface area contributed by atoms with E-state index in [2.05, 4.69) is 25.7 Å². The van der Waals surface area contributed by atoms with Crippen LogP contribution in [0.5, 0.6) is 0 Å². The highest BCUT2D eigenvalue weighted by molar-refractivity contribution is 7.80. The summed E-state index contributed by atoms with van der Waals surface area (Å²) in [6, 6.07) is 0.518. The van der Waals surface area contributed by atoms with E-state index in [9.17, 15) is 0 Å². The highest BCUT2D eigenvalue weighted by Gasteiger charge is 2.28. The first-order valence-electron chi connectivity index (χ1n) is 5.03. The zero-order valence-corrected chi connectivity index (χ0v) is 9.60. The van der Waals surface area contributed by atoms with Crippen molar-refractivity contribution in [2.45, 2.75) is 33.2 Å². The van der Waals surface area contributed by atoms with Crippen molar-refractivity contribution >= 4 is 17.2 Å². The molecule has 0 spiro atoms. The summed E-state index contributed by atoms with van der Waals surface area (Å²) in [5.41, 5.74) is 5.54. The predicted octanol–water partition coefficient (Wildman–Crippen LogP) is 1.64. The molecule has 0 radical (unpaired) electrons. The van der Waals surface area contributed by atoms with Gasteiger partial charge in [-0.05, 0) is 18.8 Å². The topological polar surface area (TPSA) is 29.3 Å². The van der Waals surface area contributed by atoms with Gasteiger partial charge in [0.15, 0.2) is 0 Å². The summed E-state index contributed by atoms with van der Waals surface area (Å²) in [6.45, 7) is 9.25. The first-order valence-corrected chi connectivity index (χ1v) is 5.44. The molecule has 0 aromatic carbocycles. The third-order valence-corrected chi connectivity index (χ3v) is 3.30. The largest absolute Gasteiger partial charge is 0.393 e. The number of hydrogen-bond acceptors (Lipinski definition) is 2. The number of likely N-dealkylation sites (tertiary alicyclic amines) is 1. The Kier molecular flexibility index (Phi) is 3.68. The first-order chi connectivity index (χ1) is 6.00. The van der Waals surface area contributed by atoms with Crippen LogP contribution in [0.4, 0.5) is 0 Å². The zero-order valence-electron chi connectivity index (χ0n) is 8.79. The second-order valence-electron chi connectivity index (χ2n) is 4.43. The van der Waals surface area contributed by atoms with Gasteiger partial charge in [0, 0.05) is 25.6 Å². The van der Waals surface area contributed by atoms with Crippen molar-refractivity contribution in [2.24, 2.45) is 17.6 Å². The smallest absolute Gasteiger partial charge is 0.0742 e. The van der Waals surface area contributed by atoms with Crippen molar-refractivity contribution in [1.82, 2.24) is 4.90 Å². The molecule has 2 nitrogen and oxygen atoms in total. The molecule has 76 valence electrons. The normalized spacial score (nSPS) is 31.9. The zero-order chi connectivity index (χ0) is 10.0. The summed E-state index contributed by atoms with van der Waals surface area (Å²) in [5, 5.41) is 0. The molecule has 0 amide bonds. The molecule has 1 aliphatic heterocycles. The van der Waals surface area contributed by atoms with E-state index >= 15 is 0 Å². The van der Waals surface area contributed by atoms with Crippen LogP contribution in [0.3, 0.4) is 0 Å². The highest BCUT2D eigenvalue weighted by atomic mass is 32.1. The third kappa shape index (κ3) is 2.92. The third-order valence-electron chi connectivity index (χ3n) is 3.14.